The van der Waals surface area contributed by atoms with Crippen molar-refractivity contribution in [2.75, 3.05) is 32.1 Å². The summed E-state index contributed by atoms with van der Waals surface area (Å²) in [5.41, 5.74) is 0. The number of nitrogens with zero attached hydrogens (tertiary/aromatic N) is 4. The minimum Gasteiger partial charge on any atom is -0.341 e. The first-order chi connectivity index (χ1) is 9.15. The van der Waals surface area contributed by atoms with Crippen LogP contribution in [0.4, 0.5) is 5.95 Å². The van der Waals surface area contributed by atoms with Gasteiger partial charge >= 0.3 is 0 Å². The van der Waals surface area contributed by atoms with E-state index in [9.17, 15) is 0 Å². The van der Waals surface area contributed by atoms with Gasteiger partial charge in [-0.15, -0.1) is 11.3 Å². The van der Waals surface area contributed by atoms with Crippen molar-refractivity contribution in [1.82, 2.24) is 14.9 Å². The summed E-state index contributed by atoms with van der Waals surface area (Å²) < 4.78 is 0. The Morgan fingerprint density at radius 2 is 2.11 bits per heavy atom. The second-order valence-electron chi connectivity index (χ2n) is 5.10. The fraction of sp³-hybridized carbons (Fsp3) is 0.538. The fourth-order valence-corrected chi connectivity index (χ4v) is 3.56. The highest BCUT2D eigenvalue weighted by Crippen LogP contribution is 2.28. The van der Waals surface area contributed by atoms with Gasteiger partial charge in [-0.1, -0.05) is 11.6 Å². The van der Waals surface area contributed by atoms with E-state index in [1.807, 2.05) is 11.4 Å². The van der Waals surface area contributed by atoms with Crippen molar-refractivity contribution in [2.45, 2.75) is 18.9 Å². The Labute approximate surface area is 122 Å². The summed E-state index contributed by atoms with van der Waals surface area (Å²) >= 11 is 7.84. The van der Waals surface area contributed by atoms with Gasteiger partial charge in [-0.25, -0.2) is 9.97 Å². The van der Waals surface area contributed by atoms with E-state index in [2.05, 4.69) is 33.9 Å². The first kappa shape index (κ1) is 13.1. The first-order valence-corrected chi connectivity index (χ1v) is 7.73. The number of aromatic nitrogens is 2. The van der Waals surface area contributed by atoms with E-state index in [1.54, 1.807) is 11.3 Å². The molecule has 0 N–H and O–H groups in total. The second-order valence-corrected chi connectivity index (χ2v) is 6.35. The summed E-state index contributed by atoms with van der Waals surface area (Å²) in [6.45, 7) is 2.26. The molecule has 6 heteroatoms. The number of hydrogen-bond acceptors (Lipinski definition) is 5. The molecule has 1 fully saturated rings. The number of likely N-dealkylation sites (tertiary alicyclic amines) is 1. The van der Waals surface area contributed by atoms with Crippen LogP contribution in [0.2, 0.25) is 5.15 Å². The Bertz CT molecular complexity index is 577. The summed E-state index contributed by atoms with van der Waals surface area (Å²) in [5.74, 6) is 0.745. The molecule has 2 aromatic heterocycles. The molecule has 1 aliphatic heterocycles. The highest BCUT2D eigenvalue weighted by molar-refractivity contribution is 7.16. The van der Waals surface area contributed by atoms with Crippen LogP contribution < -0.4 is 4.90 Å². The normalized spacial score (nSPS) is 18.1. The number of piperidine rings is 1. The van der Waals surface area contributed by atoms with E-state index in [1.165, 1.54) is 0 Å². The van der Waals surface area contributed by atoms with Crippen LogP contribution in [0.15, 0.2) is 11.4 Å². The summed E-state index contributed by atoms with van der Waals surface area (Å²) in [6, 6.07) is 2.48. The van der Waals surface area contributed by atoms with Crippen LogP contribution in [0.1, 0.15) is 12.8 Å². The average molecular weight is 297 g/mol. The SMILES string of the molecule is CN1CCC(N(C)c2nc(Cl)c3ccsc3n2)CC1. The predicted octanol–water partition coefficient (Wildman–Crippen LogP) is 2.88. The predicted molar refractivity (Wildman–Crippen MR) is 81.3 cm³/mol. The number of anilines is 1. The van der Waals surface area contributed by atoms with Gasteiger partial charge in [0.25, 0.3) is 0 Å². The van der Waals surface area contributed by atoms with Gasteiger partial charge in [0.2, 0.25) is 5.95 Å². The molecule has 102 valence electrons. The molecule has 0 amide bonds. The third-order valence-electron chi connectivity index (χ3n) is 3.82. The Morgan fingerprint density at radius 3 is 2.84 bits per heavy atom. The number of halogens is 1. The maximum atomic E-state index is 6.23. The molecule has 0 aromatic carbocycles. The van der Waals surface area contributed by atoms with Crippen LogP contribution in [-0.2, 0) is 0 Å². The van der Waals surface area contributed by atoms with Crippen molar-refractivity contribution in [3.63, 3.8) is 0 Å². The molecule has 4 nitrogen and oxygen atoms in total. The van der Waals surface area contributed by atoms with E-state index in [0.29, 0.717) is 11.2 Å². The van der Waals surface area contributed by atoms with Crippen molar-refractivity contribution >= 4 is 39.1 Å². The van der Waals surface area contributed by atoms with Gasteiger partial charge in [0.1, 0.15) is 9.98 Å². The third-order valence-corrected chi connectivity index (χ3v) is 4.91. The highest BCUT2D eigenvalue weighted by Gasteiger charge is 2.23. The van der Waals surface area contributed by atoms with Crippen molar-refractivity contribution in [3.8, 4) is 0 Å². The molecule has 0 unspecified atom stereocenters. The average Bonchev–Trinajstić information content (AvgIpc) is 2.87. The molecule has 1 saturated heterocycles. The molecule has 3 heterocycles. The van der Waals surface area contributed by atoms with Crippen LogP contribution in [0, 0.1) is 0 Å². The van der Waals surface area contributed by atoms with E-state index >= 15 is 0 Å². The molecule has 19 heavy (non-hydrogen) atoms. The summed E-state index contributed by atoms with van der Waals surface area (Å²) in [4.78, 5) is 14.6. The Kier molecular flexibility index (Phi) is 3.60. The number of thiophene rings is 1. The monoisotopic (exact) mass is 296 g/mol. The Morgan fingerprint density at radius 1 is 1.37 bits per heavy atom. The Balaban J connectivity index is 1.86. The second kappa shape index (κ2) is 5.23. The van der Waals surface area contributed by atoms with Crippen LogP contribution in [-0.4, -0.2) is 48.1 Å². The van der Waals surface area contributed by atoms with Gasteiger partial charge in [-0.2, -0.15) is 0 Å². The third kappa shape index (κ3) is 2.55. The Hall–Kier alpha value is -0.910. The van der Waals surface area contributed by atoms with E-state index < -0.39 is 0 Å². The van der Waals surface area contributed by atoms with Crippen LogP contribution in [0.3, 0.4) is 0 Å². The van der Waals surface area contributed by atoms with Crippen LogP contribution >= 0.6 is 22.9 Å². The standard InChI is InChI=1S/C13H17ClN4S/c1-17-6-3-9(4-7-17)18(2)13-15-11(14)10-5-8-19-12(10)16-13/h5,8-9H,3-4,6-7H2,1-2H3. The van der Waals surface area contributed by atoms with Gasteiger partial charge in [-0.3, -0.25) is 0 Å². The minimum absolute atomic E-state index is 0.504. The van der Waals surface area contributed by atoms with E-state index in [4.69, 9.17) is 11.6 Å². The van der Waals surface area contributed by atoms with Gasteiger partial charge < -0.3 is 9.80 Å². The minimum atomic E-state index is 0.504. The van der Waals surface area contributed by atoms with Gasteiger partial charge in [0.05, 0.1) is 0 Å². The van der Waals surface area contributed by atoms with E-state index in [-0.39, 0.29) is 0 Å². The highest BCUT2D eigenvalue weighted by atomic mass is 35.5. The molecule has 0 atom stereocenters. The number of fused-ring (bicyclic) bond motifs is 1. The quantitative estimate of drug-likeness (QED) is 0.798. The molecule has 0 radical (unpaired) electrons. The summed E-state index contributed by atoms with van der Waals surface area (Å²) in [6.07, 6.45) is 2.30. The largest absolute Gasteiger partial charge is 0.341 e. The lowest BCUT2D eigenvalue weighted by Crippen LogP contribution is -2.42. The lowest BCUT2D eigenvalue weighted by Gasteiger charge is -2.35. The fourth-order valence-electron chi connectivity index (χ4n) is 2.51. The molecule has 0 saturated carbocycles. The molecule has 0 spiro atoms. The lowest BCUT2D eigenvalue weighted by atomic mass is 10.0. The summed E-state index contributed by atoms with van der Waals surface area (Å²) in [7, 11) is 4.24. The maximum absolute atomic E-state index is 6.23. The zero-order valence-corrected chi connectivity index (χ0v) is 12.7. The molecule has 0 aliphatic carbocycles. The maximum Gasteiger partial charge on any atom is 0.228 e. The van der Waals surface area contributed by atoms with Crippen molar-refractivity contribution < 1.29 is 0 Å². The number of hydrogen-bond donors (Lipinski definition) is 0. The zero-order chi connectivity index (χ0) is 13.4. The van der Waals surface area contributed by atoms with Gasteiger partial charge in [0, 0.05) is 18.5 Å². The number of rotatable bonds is 2. The molecular formula is C13H17ClN4S. The molecule has 3 rings (SSSR count). The molecule has 2 aromatic rings. The van der Waals surface area contributed by atoms with Crippen molar-refractivity contribution in [1.29, 1.82) is 0 Å². The lowest BCUT2D eigenvalue weighted by molar-refractivity contribution is 0.252. The molecule has 0 bridgehead atoms. The smallest absolute Gasteiger partial charge is 0.228 e. The van der Waals surface area contributed by atoms with Gasteiger partial charge in [-0.05, 0) is 44.4 Å². The van der Waals surface area contributed by atoms with Crippen LogP contribution in [0.5, 0.6) is 0 Å². The van der Waals surface area contributed by atoms with Gasteiger partial charge in [0.15, 0.2) is 0 Å². The molecule has 1 aliphatic rings. The van der Waals surface area contributed by atoms with Crippen molar-refractivity contribution in [3.05, 3.63) is 16.6 Å². The van der Waals surface area contributed by atoms with Crippen LogP contribution in [0.25, 0.3) is 10.2 Å². The molecular weight excluding hydrogens is 280 g/mol. The van der Waals surface area contributed by atoms with E-state index in [0.717, 1.165) is 42.1 Å². The first-order valence-electron chi connectivity index (χ1n) is 6.47. The zero-order valence-electron chi connectivity index (χ0n) is 11.1. The van der Waals surface area contributed by atoms with Crippen molar-refractivity contribution in [2.24, 2.45) is 0 Å². The summed E-state index contributed by atoms with van der Waals surface area (Å²) in [5, 5.41) is 3.51. The topological polar surface area (TPSA) is 32.3 Å².